The number of amides is 1. The van der Waals surface area contributed by atoms with E-state index in [1.165, 1.54) is 27.9 Å². The van der Waals surface area contributed by atoms with Crippen molar-refractivity contribution in [1.29, 1.82) is 0 Å². The number of nitrogens with one attached hydrogen (secondary N) is 1. The molecule has 0 saturated carbocycles. The van der Waals surface area contributed by atoms with Crippen LogP contribution in [0.15, 0.2) is 29.5 Å². The van der Waals surface area contributed by atoms with Crippen LogP contribution in [0.3, 0.4) is 0 Å². The Morgan fingerprint density at radius 1 is 1.23 bits per heavy atom. The molecule has 3 rings (SSSR count). The van der Waals surface area contributed by atoms with Crippen LogP contribution < -0.4 is 5.56 Å². The van der Waals surface area contributed by atoms with Crippen LogP contribution in [0.4, 0.5) is 0 Å². The first kappa shape index (κ1) is 13.9. The average molecular weight is 298 g/mol. The van der Waals surface area contributed by atoms with Crippen LogP contribution in [0.2, 0.25) is 0 Å². The highest BCUT2D eigenvalue weighted by atomic mass is 16.2. The first-order valence-corrected chi connectivity index (χ1v) is 6.60. The number of hydrogen-bond acceptors (Lipinski definition) is 5. The lowest BCUT2D eigenvalue weighted by Crippen LogP contribution is -2.23. The van der Waals surface area contributed by atoms with E-state index in [1.54, 1.807) is 27.2 Å². The molecule has 1 N–H and O–H groups in total. The van der Waals surface area contributed by atoms with Gasteiger partial charge in [-0.3, -0.25) is 19.6 Å². The maximum absolute atomic E-state index is 12.5. The molecular weight excluding hydrogens is 284 g/mol. The summed E-state index contributed by atoms with van der Waals surface area (Å²) in [5, 5.41) is 4.27. The molecule has 3 aromatic heterocycles. The zero-order valence-electron chi connectivity index (χ0n) is 12.4. The fourth-order valence-electron chi connectivity index (χ4n) is 2.21. The zero-order chi connectivity index (χ0) is 15.9. The molecule has 1 amide bonds. The minimum atomic E-state index is -0.325. The Hall–Kier alpha value is -3.03. The van der Waals surface area contributed by atoms with Crippen molar-refractivity contribution in [2.45, 2.75) is 6.92 Å². The molecular formula is C14H14N6O2. The van der Waals surface area contributed by atoms with E-state index in [2.05, 4.69) is 20.1 Å². The Labute approximate surface area is 125 Å². The molecule has 0 radical (unpaired) electrons. The predicted molar refractivity (Wildman–Crippen MR) is 79.6 cm³/mol. The maximum atomic E-state index is 12.5. The van der Waals surface area contributed by atoms with Gasteiger partial charge in [-0.05, 0) is 6.92 Å². The fourth-order valence-corrected chi connectivity index (χ4v) is 2.21. The van der Waals surface area contributed by atoms with E-state index in [9.17, 15) is 9.59 Å². The zero-order valence-corrected chi connectivity index (χ0v) is 12.4. The van der Waals surface area contributed by atoms with Gasteiger partial charge in [-0.2, -0.15) is 9.61 Å². The number of H-pyrrole nitrogens is 1. The minimum absolute atomic E-state index is 0.267. The fraction of sp³-hybridized carbons (Fsp3) is 0.214. The molecule has 0 aliphatic carbocycles. The van der Waals surface area contributed by atoms with Crippen molar-refractivity contribution in [2.24, 2.45) is 0 Å². The summed E-state index contributed by atoms with van der Waals surface area (Å²) in [6, 6.07) is 1.34. The smallest absolute Gasteiger partial charge is 0.274 e. The summed E-state index contributed by atoms with van der Waals surface area (Å²) >= 11 is 0. The van der Waals surface area contributed by atoms with Gasteiger partial charge in [-0.25, -0.2) is 0 Å². The van der Waals surface area contributed by atoms with Gasteiger partial charge in [0.25, 0.3) is 11.5 Å². The number of carbonyl (C=O) groups is 1. The second-order valence-corrected chi connectivity index (χ2v) is 4.99. The third kappa shape index (κ3) is 2.05. The highest BCUT2D eigenvalue weighted by Crippen LogP contribution is 2.25. The molecule has 0 atom stereocenters. The molecule has 22 heavy (non-hydrogen) atoms. The van der Waals surface area contributed by atoms with Gasteiger partial charge in [0, 0.05) is 38.8 Å². The Morgan fingerprint density at radius 2 is 1.95 bits per heavy atom. The van der Waals surface area contributed by atoms with E-state index in [4.69, 9.17) is 0 Å². The van der Waals surface area contributed by atoms with Crippen molar-refractivity contribution in [1.82, 2.24) is 29.5 Å². The molecule has 8 nitrogen and oxygen atoms in total. The Morgan fingerprint density at radius 3 is 2.64 bits per heavy atom. The second-order valence-electron chi connectivity index (χ2n) is 4.99. The predicted octanol–water partition coefficient (Wildman–Crippen LogP) is 0.490. The van der Waals surface area contributed by atoms with E-state index in [1.807, 2.05) is 0 Å². The van der Waals surface area contributed by atoms with E-state index in [-0.39, 0.29) is 11.5 Å². The SMILES string of the molecule is Cc1nccnc1-c1nn2c(=O)cc[nH]c2c1C(=O)N(C)C. The first-order chi connectivity index (χ1) is 10.5. The molecule has 0 saturated heterocycles. The maximum Gasteiger partial charge on any atom is 0.274 e. The van der Waals surface area contributed by atoms with Gasteiger partial charge < -0.3 is 9.88 Å². The van der Waals surface area contributed by atoms with Crippen molar-refractivity contribution >= 4 is 11.6 Å². The standard InChI is InChI=1S/C14H14N6O2/c1-8-11(16-7-6-15-8)12-10(14(22)19(2)3)13-17-5-4-9(21)20(13)18-12/h4-7,17H,1-3H3. The van der Waals surface area contributed by atoms with Crippen LogP contribution in [0.5, 0.6) is 0 Å². The normalized spacial score (nSPS) is 10.9. The summed E-state index contributed by atoms with van der Waals surface area (Å²) in [4.78, 5) is 37.3. The highest BCUT2D eigenvalue weighted by Gasteiger charge is 2.25. The van der Waals surface area contributed by atoms with Crippen LogP contribution in [0.1, 0.15) is 16.1 Å². The third-order valence-corrected chi connectivity index (χ3v) is 3.27. The summed E-state index contributed by atoms with van der Waals surface area (Å²) in [6.45, 7) is 1.78. The van der Waals surface area contributed by atoms with Crippen molar-refractivity contribution in [2.75, 3.05) is 14.1 Å². The average Bonchev–Trinajstić information content (AvgIpc) is 2.87. The van der Waals surface area contributed by atoms with E-state index < -0.39 is 0 Å². The largest absolute Gasteiger partial charge is 0.346 e. The first-order valence-electron chi connectivity index (χ1n) is 6.60. The molecule has 8 heteroatoms. The molecule has 0 fully saturated rings. The summed E-state index contributed by atoms with van der Waals surface area (Å²) in [6.07, 6.45) is 4.57. The lowest BCUT2D eigenvalue weighted by Gasteiger charge is -2.10. The van der Waals surface area contributed by atoms with Crippen LogP contribution in [-0.4, -0.2) is 49.5 Å². The number of rotatable bonds is 2. The number of carbonyl (C=O) groups excluding carboxylic acids is 1. The van der Waals surface area contributed by atoms with E-state index >= 15 is 0 Å². The summed E-state index contributed by atoms with van der Waals surface area (Å²) in [5.41, 5.74) is 1.76. The van der Waals surface area contributed by atoms with Crippen molar-refractivity contribution < 1.29 is 4.79 Å². The third-order valence-electron chi connectivity index (χ3n) is 3.27. The van der Waals surface area contributed by atoms with Gasteiger partial charge in [0.2, 0.25) is 0 Å². The topological polar surface area (TPSA) is 96.2 Å². The summed E-state index contributed by atoms with van der Waals surface area (Å²) < 4.78 is 1.17. The van der Waals surface area contributed by atoms with Gasteiger partial charge >= 0.3 is 0 Å². The van der Waals surface area contributed by atoms with Crippen molar-refractivity contribution in [3.8, 4) is 11.4 Å². The van der Waals surface area contributed by atoms with Gasteiger partial charge in [-0.15, -0.1) is 0 Å². The molecule has 0 aliphatic rings. The summed E-state index contributed by atoms with van der Waals surface area (Å²) in [5.74, 6) is -0.267. The number of hydrogen-bond donors (Lipinski definition) is 1. The Balaban J connectivity index is 2.42. The molecule has 0 unspecified atom stereocenters. The molecule has 0 aromatic carbocycles. The lowest BCUT2D eigenvalue weighted by molar-refractivity contribution is 0.0830. The molecule has 0 spiro atoms. The molecule has 3 aromatic rings. The molecule has 3 heterocycles. The lowest BCUT2D eigenvalue weighted by atomic mass is 10.1. The number of aromatic nitrogens is 5. The van der Waals surface area contributed by atoms with Crippen LogP contribution >= 0.6 is 0 Å². The van der Waals surface area contributed by atoms with Gasteiger partial charge in [0.05, 0.1) is 5.69 Å². The summed E-state index contributed by atoms with van der Waals surface area (Å²) in [7, 11) is 3.28. The van der Waals surface area contributed by atoms with Crippen LogP contribution in [0.25, 0.3) is 17.0 Å². The Bertz CT molecular complexity index is 924. The van der Waals surface area contributed by atoms with E-state index in [0.29, 0.717) is 28.3 Å². The highest BCUT2D eigenvalue weighted by molar-refractivity contribution is 6.05. The van der Waals surface area contributed by atoms with Gasteiger partial charge in [-0.1, -0.05) is 0 Å². The number of nitrogens with zero attached hydrogens (tertiary/aromatic N) is 5. The van der Waals surface area contributed by atoms with Crippen molar-refractivity contribution in [3.63, 3.8) is 0 Å². The molecule has 0 aliphatic heterocycles. The number of aromatic amines is 1. The van der Waals surface area contributed by atoms with Gasteiger partial charge in [0.1, 0.15) is 17.0 Å². The van der Waals surface area contributed by atoms with Gasteiger partial charge in [0.15, 0.2) is 5.65 Å². The molecule has 112 valence electrons. The number of aryl methyl sites for hydroxylation is 1. The quantitative estimate of drug-likeness (QED) is 0.742. The monoisotopic (exact) mass is 298 g/mol. The Kier molecular flexibility index (Phi) is 3.21. The minimum Gasteiger partial charge on any atom is -0.346 e. The second kappa shape index (κ2) is 5.06. The van der Waals surface area contributed by atoms with Crippen molar-refractivity contribution in [3.05, 3.63) is 46.3 Å². The van der Waals surface area contributed by atoms with Crippen LogP contribution in [-0.2, 0) is 0 Å². The van der Waals surface area contributed by atoms with E-state index in [0.717, 1.165) is 0 Å². The molecule has 0 bridgehead atoms. The number of fused-ring (bicyclic) bond motifs is 1. The van der Waals surface area contributed by atoms with Crippen LogP contribution in [0, 0.1) is 6.92 Å².